The van der Waals surface area contributed by atoms with Gasteiger partial charge in [0.25, 0.3) is 5.89 Å². The van der Waals surface area contributed by atoms with Crippen LogP contribution < -0.4 is 0 Å². The first kappa shape index (κ1) is 15.1. The van der Waals surface area contributed by atoms with Gasteiger partial charge in [0, 0.05) is 38.8 Å². The Kier molecular flexibility index (Phi) is 3.89. The molecular weight excluding hydrogens is 308 g/mol. The van der Waals surface area contributed by atoms with Crippen LogP contribution in [0.1, 0.15) is 43.5 Å². The predicted octanol–water partition coefficient (Wildman–Crippen LogP) is 2.32. The van der Waals surface area contributed by atoms with Crippen LogP contribution in [0.5, 0.6) is 0 Å². The number of aromatic nitrogens is 6. The van der Waals surface area contributed by atoms with E-state index in [2.05, 4.69) is 20.3 Å². The third-order valence-electron chi connectivity index (χ3n) is 4.43. The molecule has 4 heterocycles. The zero-order valence-electron chi connectivity index (χ0n) is 13.8. The molecule has 1 fully saturated rings. The van der Waals surface area contributed by atoms with E-state index in [-0.39, 0.29) is 12.0 Å². The van der Waals surface area contributed by atoms with Gasteiger partial charge in [-0.05, 0) is 25.8 Å². The lowest BCUT2D eigenvalue weighted by atomic mass is 9.93. The molecule has 2 atom stereocenters. The van der Waals surface area contributed by atoms with Gasteiger partial charge in [-0.25, -0.2) is 4.98 Å². The van der Waals surface area contributed by atoms with Gasteiger partial charge in [-0.1, -0.05) is 0 Å². The Hall–Kier alpha value is -2.48. The van der Waals surface area contributed by atoms with Crippen molar-refractivity contribution in [2.75, 3.05) is 6.61 Å². The summed E-state index contributed by atoms with van der Waals surface area (Å²) >= 11 is 0. The van der Waals surface area contributed by atoms with Crippen molar-refractivity contribution in [3.8, 4) is 11.6 Å². The fraction of sp³-hybridized carbons (Fsp3) is 0.500. The number of ether oxygens (including phenoxy) is 1. The second kappa shape index (κ2) is 6.20. The van der Waals surface area contributed by atoms with Crippen LogP contribution in [0.4, 0.5) is 0 Å². The van der Waals surface area contributed by atoms with Crippen LogP contribution in [0.15, 0.2) is 29.1 Å². The van der Waals surface area contributed by atoms with E-state index < -0.39 is 0 Å². The molecule has 3 aromatic rings. The van der Waals surface area contributed by atoms with Crippen molar-refractivity contribution in [1.82, 2.24) is 29.5 Å². The average Bonchev–Trinajstić information content (AvgIpc) is 3.34. The summed E-state index contributed by atoms with van der Waals surface area (Å²) in [6.07, 6.45) is 7.18. The summed E-state index contributed by atoms with van der Waals surface area (Å²) in [5.74, 6) is 1.99. The molecular formula is C16H20N6O2. The van der Waals surface area contributed by atoms with Crippen molar-refractivity contribution in [2.24, 2.45) is 7.05 Å². The van der Waals surface area contributed by atoms with Crippen molar-refractivity contribution in [3.63, 3.8) is 0 Å². The molecule has 0 aromatic carbocycles. The van der Waals surface area contributed by atoms with E-state index in [0.29, 0.717) is 11.8 Å². The van der Waals surface area contributed by atoms with Crippen molar-refractivity contribution >= 4 is 0 Å². The summed E-state index contributed by atoms with van der Waals surface area (Å²) in [5.41, 5.74) is 0.835. The molecule has 0 bridgehead atoms. The van der Waals surface area contributed by atoms with E-state index in [4.69, 9.17) is 9.15 Å². The molecule has 0 amide bonds. The van der Waals surface area contributed by atoms with Gasteiger partial charge < -0.3 is 13.7 Å². The van der Waals surface area contributed by atoms with Crippen molar-refractivity contribution < 1.29 is 9.15 Å². The van der Waals surface area contributed by atoms with Crippen molar-refractivity contribution in [2.45, 2.75) is 38.3 Å². The smallest absolute Gasteiger partial charge is 0.265 e. The molecule has 8 nitrogen and oxygen atoms in total. The van der Waals surface area contributed by atoms with Crippen LogP contribution in [0.25, 0.3) is 11.6 Å². The van der Waals surface area contributed by atoms with Crippen LogP contribution in [-0.4, -0.2) is 36.1 Å². The maximum absolute atomic E-state index is 5.99. The van der Waals surface area contributed by atoms with Gasteiger partial charge in [-0.15, -0.1) is 10.2 Å². The highest BCUT2D eigenvalue weighted by molar-refractivity contribution is 5.45. The quantitative estimate of drug-likeness (QED) is 0.731. The summed E-state index contributed by atoms with van der Waals surface area (Å²) in [6, 6.07) is 1.88. The van der Waals surface area contributed by atoms with Gasteiger partial charge in [-0.3, -0.25) is 4.68 Å². The lowest BCUT2D eigenvalue weighted by Gasteiger charge is -2.28. The molecule has 4 rings (SSSR count). The molecule has 126 valence electrons. The Labute approximate surface area is 139 Å². The second-order valence-corrected chi connectivity index (χ2v) is 5.91. The van der Waals surface area contributed by atoms with Gasteiger partial charge in [-0.2, -0.15) is 5.10 Å². The molecule has 1 aliphatic heterocycles. The minimum Gasteiger partial charge on any atom is -0.419 e. The molecule has 0 N–H and O–H groups in total. The molecule has 0 aliphatic carbocycles. The Morgan fingerprint density at radius 3 is 3.00 bits per heavy atom. The minimum atomic E-state index is -0.164. The molecule has 0 saturated carbocycles. The monoisotopic (exact) mass is 328 g/mol. The second-order valence-electron chi connectivity index (χ2n) is 5.91. The highest BCUT2D eigenvalue weighted by Gasteiger charge is 2.35. The van der Waals surface area contributed by atoms with Crippen LogP contribution in [0.2, 0.25) is 0 Å². The normalized spacial score (nSPS) is 21.2. The summed E-state index contributed by atoms with van der Waals surface area (Å²) in [4.78, 5) is 4.43. The third kappa shape index (κ3) is 2.52. The number of hydrogen-bond acceptors (Lipinski definition) is 6. The van der Waals surface area contributed by atoms with Crippen LogP contribution in [0.3, 0.4) is 0 Å². The standard InChI is InChI=1S/C16H20N6O2/c1-3-22-12(6-7-18-22)16-20-19-15(24-16)11-5-4-10-23-13(11)14-17-8-9-21(14)2/h6-9,11,13H,3-5,10H2,1-2H3/t11-,13-/m1/s1. The van der Waals surface area contributed by atoms with Crippen molar-refractivity contribution in [3.05, 3.63) is 36.4 Å². The van der Waals surface area contributed by atoms with Gasteiger partial charge in [0.05, 0.1) is 5.92 Å². The molecule has 24 heavy (non-hydrogen) atoms. The van der Waals surface area contributed by atoms with E-state index >= 15 is 0 Å². The first-order valence-electron chi connectivity index (χ1n) is 8.22. The van der Waals surface area contributed by atoms with Crippen LogP contribution in [0, 0.1) is 0 Å². The zero-order valence-corrected chi connectivity index (χ0v) is 13.8. The highest BCUT2D eigenvalue weighted by atomic mass is 16.5. The largest absolute Gasteiger partial charge is 0.419 e. The molecule has 8 heteroatoms. The maximum Gasteiger partial charge on any atom is 0.265 e. The maximum atomic E-state index is 5.99. The number of aryl methyl sites for hydroxylation is 2. The third-order valence-corrected chi connectivity index (χ3v) is 4.43. The van der Waals surface area contributed by atoms with Crippen LogP contribution >= 0.6 is 0 Å². The summed E-state index contributed by atoms with van der Waals surface area (Å²) in [7, 11) is 1.97. The summed E-state index contributed by atoms with van der Waals surface area (Å²) in [5, 5.41) is 12.8. The fourth-order valence-electron chi connectivity index (χ4n) is 3.19. The zero-order chi connectivity index (χ0) is 16.5. The SMILES string of the molecule is CCn1nccc1-c1nnc([C@@H]2CCCO[C@H]2c2nccn2C)o1. The molecule has 0 radical (unpaired) electrons. The number of hydrogen-bond donors (Lipinski definition) is 0. The first-order valence-corrected chi connectivity index (χ1v) is 8.22. The lowest BCUT2D eigenvalue weighted by Crippen LogP contribution is -2.23. The van der Waals surface area contributed by atoms with Gasteiger partial charge in [0.2, 0.25) is 5.89 Å². The first-order chi connectivity index (χ1) is 11.8. The summed E-state index contributed by atoms with van der Waals surface area (Å²) < 4.78 is 15.8. The number of rotatable bonds is 4. The highest BCUT2D eigenvalue weighted by Crippen LogP contribution is 2.40. The molecule has 0 unspecified atom stereocenters. The van der Waals surface area contributed by atoms with Gasteiger partial charge in [0.15, 0.2) is 0 Å². The molecule has 1 aliphatic rings. The van der Waals surface area contributed by atoms with E-state index in [0.717, 1.165) is 37.5 Å². The molecule has 3 aromatic heterocycles. The van der Waals surface area contributed by atoms with E-state index in [1.54, 1.807) is 12.4 Å². The van der Waals surface area contributed by atoms with Crippen molar-refractivity contribution in [1.29, 1.82) is 0 Å². The Bertz CT molecular complexity index is 820. The topological polar surface area (TPSA) is 83.8 Å². The Morgan fingerprint density at radius 2 is 2.21 bits per heavy atom. The van der Waals surface area contributed by atoms with E-state index in [9.17, 15) is 0 Å². The fourth-order valence-corrected chi connectivity index (χ4v) is 3.19. The van der Waals surface area contributed by atoms with E-state index in [1.807, 2.05) is 35.5 Å². The minimum absolute atomic E-state index is 0.0131. The van der Waals surface area contributed by atoms with Crippen LogP contribution in [-0.2, 0) is 18.3 Å². The number of imidazole rings is 1. The molecule has 1 saturated heterocycles. The van der Waals surface area contributed by atoms with Gasteiger partial charge in [0.1, 0.15) is 17.6 Å². The lowest BCUT2D eigenvalue weighted by molar-refractivity contribution is -0.0156. The Balaban J connectivity index is 1.66. The molecule has 0 spiro atoms. The van der Waals surface area contributed by atoms with E-state index in [1.165, 1.54) is 0 Å². The number of nitrogens with zero attached hydrogens (tertiary/aromatic N) is 6. The Morgan fingerprint density at radius 1 is 1.29 bits per heavy atom. The predicted molar refractivity (Wildman–Crippen MR) is 85.1 cm³/mol. The summed E-state index contributed by atoms with van der Waals surface area (Å²) in [6.45, 7) is 3.50. The van der Waals surface area contributed by atoms with Gasteiger partial charge >= 0.3 is 0 Å². The average molecular weight is 328 g/mol.